The molecule has 1 amide bonds. The molecule has 0 saturated carbocycles. The monoisotopic (exact) mass is 288 g/mol. The summed E-state index contributed by atoms with van der Waals surface area (Å²) >= 11 is 0. The van der Waals surface area contributed by atoms with Crippen molar-refractivity contribution in [1.82, 2.24) is 5.32 Å². The van der Waals surface area contributed by atoms with Crippen LogP contribution in [0.4, 0.5) is 18.9 Å². The maximum atomic E-state index is 12.1. The second kappa shape index (κ2) is 6.13. The van der Waals surface area contributed by atoms with E-state index in [2.05, 4.69) is 15.4 Å². The van der Waals surface area contributed by atoms with E-state index in [-0.39, 0.29) is 17.6 Å². The third-order valence-electron chi connectivity index (χ3n) is 3.00. The van der Waals surface area contributed by atoms with Crippen molar-refractivity contribution in [2.75, 3.05) is 18.4 Å². The first-order valence-electron chi connectivity index (χ1n) is 6.31. The number of halogens is 3. The van der Waals surface area contributed by atoms with Crippen LogP contribution in [0.15, 0.2) is 24.3 Å². The standard InChI is InChI=1S/C13H15F3N2O2/c14-13(15,16)20-11-5-1-4-10(7-11)18-12(19)9-3-2-6-17-8-9/h1,4-5,7,9,17H,2-3,6,8H2,(H,18,19). The molecule has 0 bridgehead atoms. The number of ether oxygens (including phenoxy) is 1. The van der Waals surface area contributed by atoms with E-state index in [0.717, 1.165) is 25.5 Å². The summed E-state index contributed by atoms with van der Waals surface area (Å²) in [5.74, 6) is -0.700. The fraction of sp³-hybridized carbons (Fsp3) is 0.462. The topological polar surface area (TPSA) is 50.4 Å². The highest BCUT2D eigenvalue weighted by Gasteiger charge is 2.31. The van der Waals surface area contributed by atoms with Gasteiger partial charge in [0.15, 0.2) is 0 Å². The normalized spacial score (nSPS) is 19.4. The van der Waals surface area contributed by atoms with Crippen LogP contribution in [-0.4, -0.2) is 25.4 Å². The second-order valence-electron chi connectivity index (χ2n) is 4.61. The largest absolute Gasteiger partial charge is 0.573 e. The summed E-state index contributed by atoms with van der Waals surface area (Å²) in [5, 5.41) is 5.72. The second-order valence-corrected chi connectivity index (χ2v) is 4.61. The van der Waals surface area contributed by atoms with Gasteiger partial charge in [0, 0.05) is 18.3 Å². The zero-order chi connectivity index (χ0) is 14.6. The lowest BCUT2D eigenvalue weighted by Gasteiger charge is -2.22. The van der Waals surface area contributed by atoms with Crippen molar-refractivity contribution in [3.63, 3.8) is 0 Å². The van der Waals surface area contributed by atoms with Gasteiger partial charge in [0.05, 0.1) is 5.92 Å². The molecule has 1 fully saturated rings. The van der Waals surface area contributed by atoms with Crippen LogP contribution < -0.4 is 15.4 Å². The van der Waals surface area contributed by atoms with E-state index in [4.69, 9.17) is 0 Å². The molecule has 1 aliphatic heterocycles. The quantitative estimate of drug-likeness (QED) is 0.898. The van der Waals surface area contributed by atoms with Crippen LogP contribution in [0.5, 0.6) is 5.75 Å². The SMILES string of the molecule is O=C(Nc1cccc(OC(F)(F)F)c1)C1CCCNC1. The number of rotatable bonds is 3. The Balaban J connectivity index is 1.98. The van der Waals surface area contributed by atoms with Crippen LogP contribution in [0.3, 0.4) is 0 Å². The number of alkyl halides is 3. The molecule has 1 aliphatic rings. The van der Waals surface area contributed by atoms with Crippen molar-refractivity contribution >= 4 is 11.6 Å². The Morgan fingerprint density at radius 2 is 2.20 bits per heavy atom. The van der Waals surface area contributed by atoms with Crippen molar-refractivity contribution in [2.45, 2.75) is 19.2 Å². The first kappa shape index (κ1) is 14.6. The Bertz CT molecular complexity index is 471. The predicted molar refractivity (Wildman–Crippen MR) is 67.3 cm³/mol. The van der Waals surface area contributed by atoms with Gasteiger partial charge in [-0.3, -0.25) is 4.79 Å². The Morgan fingerprint density at radius 1 is 1.40 bits per heavy atom. The molecule has 2 N–H and O–H groups in total. The van der Waals surface area contributed by atoms with Crippen LogP contribution in [0.2, 0.25) is 0 Å². The van der Waals surface area contributed by atoms with Gasteiger partial charge in [0.2, 0.25) is 5.91 Å². The third-order valence-corrected chi connectivity index (χ3v) is 3.00. The number of carbonyl (C=O) groups excluding carboxylic acids is 1. The van der Waals surface area contributed by atoms with Crippen LogP contribution in [0, 0.1) is 5.92 Å². The molecule has 7 heteroatoms. The highest BCUT2D eigenvalue weighted by molar-refractivity contribution is 5.92. The van der Waals surface area contributed by atoms with Crippen molar-refractivity contribution in [3.05, 3.63) is 24.3 Å². The third kappa shape index (κ3) is 4.41. The van der Waals surface area contributed by atoms with Gasteiger partial charge in [0.25, 0.3) is 0 Å². The van der Waals surface area contributed by atoms with E-state index in [1.807, 2.05) is 0 Å². The zero-order valence-corrected chi connectivity index (χ0v) is 10.7. The Hall–Kier alpha value is -1.76. The van der Waals surface area contributed by atoms with Gasteiger partial charge in [-0.2, -0.15) is 0 Å². The fourth-order valence-electron chi connectivity index (χ4n) is 2.09. The minimum Gasteiger partial charge on any atom is -0.406 e. The lowest BCUT2D eigenvalue weighted by atomic mass is 9.99. The van der Waals surface area contributed by atoms with Crippen LogP contribution >= 0.6 is 0 Å². The van der Waals surface area contributed by atoms with E-state index in [9.17, 15) is 18.0 Å². The number of piperidine rings is 1. The van der Waals surface area contributed by atoms with Crippen LogP contribution in [0.1, 0.15) is 12.8 Å². The summed E-state index contributed by atoms with van der Waals surface area (Å²) in [6.45, 7) is 1.48. The molecular weight excluding hydrogens is 273 g/mol. The molecule has 4 nitrogen and oxygen atoms in total. The molecule has 1 heterocycles. The molecule has 2 rings (SSSR count). The summed E-state index contributed by atoms with van der Waals surface area (Å²) in [6.07, 6.45) is -3.05. The van der Waals surface area contributed by atoms with E-state index in [1.165, 1.54) is 18.2 Å². The number of carbonyl (C=O) groups is 1. The summed E-state index contributed by atoms with van der Waals surface area (Å²) in [4.78, 5) is 11.9. The van der Waals surface area contributed by atoms with Crippen molar-refractivity contribution in [3.8, 4) is 5.75 Å². The molecule has 1 unspecified atom stereocenters. The van der Waals surface area contributed by atoms with Gasteiger partial charge in [0.1, 0.15) is 5.75 Å². The van der Waals surface area contributed by atoms with Crippen molar-refractivity contribution < 1.29 is 22.7 Å². The van der Waals surface area contributed by atoms with Gasteiger partial charge in [-0.05, 0) is 31.5 Å². The lowest BCUT2D eigenvalue weighted by molar-refractivity contribution is -0.274. The first-order valence-corrected chi connectivity index (χ1v) is 6.31. The summed E-state index contributed by atoms with van der Waals surface area (Å²) in [6, 6.07) is 5.26. The Morgan fingerprint density at radius 3 is 2.85 bits per heavy atom. The molecule has 110 valence electrons. The lowest BCUT2D eigenvalue weighted by Crippen LogP contribution is -2.37. The Kier molecular flexibility index (Phi) is 4.49. The Labute approximate surface area is 114 Å². The summed E-state index contributed by atoms with van der Waals surface area (Å²) in [7, 11) is 0. The van der Waals surface area contributed by atoms with Gasteiger partial charge in [-0.1, -0.05) is 6.07 Å². The number of benzene rings is 1. The minimum absolute atomic E-state index is 0.157. The molecule has 1 saturated heterocycles. The predicted octanol–water partition coefficient (Wildman–Crippen LogP) is 2.52. The number of hydrogen-bond acceptors (Lipinski definition) is 3. The van der Waals surface area contributed by atoms with Crippen molar-refractivity contribution in [2.24, 2.45) is 5.92 Å². The van der Waals surface area contributed by atoms with E-state index in [0.29, 0.717) is 12.2 Å². The molecule has 0 aromatic heterocycles. The zero-order valence-electron chi connectivity index (χ0n) is 10.7. The van der Waals surface area contributed by atoms with E-state index >= 15 is 0 Å². The molecule has 20 heavy (non-hydrogen) atoms. The van der Waals surface area contributed by atoms with Crippen molar-refractivity contribution in [1.29, 1.82) is 0 Å². The molecule has 0 radical (unpaired) electrons. The van der Waals surface area contributed by atoms with Crippen LogP contribution in [-0.2, 0) is 4.79 Å². The maximum absolute atomic E-state index is 12.1. The average Bonchev–Trinajstić information content (AvgIpc) is 2.38. The average molecular weight is 288 g/mol. The van der Waals surface area contributed by atoms with Gasteiger partial charge < -0.3 is 15.4 Å². The highest BCUT2D eigenvalue weighted by atomic mass is 19.4. The van der Waals surface area contributed by atoms with Gasteiger partial charge >= 0.3 is 6.36 Å². The molecular formula is C13H15F3N2O2. The van der Waals surface area contributed by atoms with E-state index < -0.39 is 6.36 Å². The number of amides is 1. The molecule has 1 aromatic carbocycles. The van der Waals surface area contributed by atoms with Gasteiger partial charge in [-0.15, -0.1) is 13.2 Å². The van der Waals surface area contributed by atoms with Crippen LogP contribution in [0.25, 0.3) is 0 Å². The number of anilines is 1. The van der Waals surface area contributed by atoms with Gasteiger partial charge in [-0.25, -0.2) is 0 Å². The smallest absolute Gasteiger partial charge is 0.406 e. The summed E-state index contributed by atoms with van der Waals surface area (Å²) < 4.78 is 40.1. The molecule has 0 aliphatic carbocycles. The first-order chi connectivity index (χ1) is 9.44. The highest BCUT2D eigenvalue weighted by Crippen LogP contribution is 2.25. The molecule has 1 aromatic rings. The summed E-state index contributed by atoms with van der Waals surface area (Å²) in [5.41, 5.74) is 0.294. The minimum atomic E-state index is -4.74. The molecule has 1 atom stereocenters. The number of hydrogen-bond donors (Lipinski definition) is 2. The fourth-order valence-corrected chi connectivity index (χ4v) is 2.09. The maximum Gasteiger partial charge on any atom is 0.573 e. The molecule has 0 spiro atoms. The van der Waals surface area contributed by atoms with E-state index in [1.54, 1.807) is 0 Å². The number of nitrogens with one attached hydrogen (secondary N) is 2.